The third kappa shape index (κ3) is 7.89. The lowest BCUT2D eigenvalue weighted by Crippen LogP contribution is -2.44. The molecule has 12 heteroatoms. The third-order valence-corrected chi connectivity index (χ3v) is 4.89. The number of phenols is 1. The standard InChI is InChI=1S/C22H20N4O6.C3H4N2/c1-12(27)24-18(10-13-2-8-16(28)9-3-13)21(30)25-15-6-4-14(5-7-15)19-23-11-17(22(31)32)20(29)26-19;1-2-5-3-4-1/h2-9,11,18,28H,10H2,1H3,(H,24,27)(H,25,30)(H,31,32)(H,23,26,29);1-3H,(H,4,5)/t18-;/m0./s1. The predicted molar refractivity (Wildman–Crippen MR) is 133 cm³/mol. The highest BCUT2D eigenvalue weighted by Gasteiger charge is 2.20. The van der Waals surface area contributed by atoms with Crippen LogP contribution in [0, 0.1) is 0 Å². The molecule has 190 valence electrons. The monoisotopic (exact) mass is 504 g/mol. The van der Waals surface area contributed by atoms with Gasteiger partial charge in [0.15, 0.2) is 5.82 Å². The highest BCUT2D eigenvalue weighted by molar-refractivity contribution is 5.97. The summed E-state index contributed by atoms with van der Waals surface area (Å²) in [7, 11) is 0. The number of carbonyl (C=O) groups excluding carboxylic acids is 2. The number of aromatic nitrogens is 4. The maximum atomic E-state index is 12.7. The van der Waals surface area contributed by atoms with Gasteiger partial charge in [0.2, 0.25) is 17.7 Å². The fourth-order valence-corrected chi connectivity index (χ4v) is 3.13. The van der Waals surface area contributed by atoms with E-state index in [2.05, 4.69) is 30.6 Å². The molecular weight excluding hydrogens is 480 g/mol. The van der Waals surface area contributed by atoms with E-state index in [1.807, 2.05) is 0 Å². The largest absolute Gasteiger partial charge is 0.508 e. The Kier molecular flexibility index (Phi) is 8.86. The van der Waals surface area contributed by atoms with E-state index < -0.39 is 29.4 Å². The molecule has 0 bridgehead atoms. The lowest BCUT2D eigenvalue weighted by atomic mass is 10.0. The number of amides is 2. The summed E-state index contributed by atoms with van der Waals surface area (Å²) in [6.07, 6.45) is 6.32. The van der Waals surface area contributed by atoms with E-state index >= 15 is 0 Å². The average molecular weight is 505 g/mol. The molecule has 0 spiro atoms. The van der Waals surface area contributed by atoms with Gasteiger partial charge in [0.25, 0.3) is 0 Å². The second-order valence-corrected chi connectivity index (χ2v) is 7.69. The number of benzene rings is 2. The Morgan fingerprint density at radius 3 is 2.24 bits per heavy atom. The van der Waals surface area contributed by atoms with Crippen molar-refractivity contribution in [2.75, 3.05) is 5.32 Å². The summed E-state index contributed by atoms with van der Waals surface area (Å²) in [5, 5.41) is 33.4. The van der Waals surface area contributed by atoms with Crippen LogP contribution in [0.4, 0.5) is 5.69 Å². The second kappa shape index (κ2) is 12.4. The van der Waals surface area contributed by atoms with Crippen LogP contribution in [0.2, 0.25) is 0 Å². The molecule has 0 aliphatic heterocycles. The van der Waals surface area contributed by atoms with Crippen molar-refractivity contribution in [3.8, 4) is 23.0 Å². The molecule has 37 heavy (non-hydrogen) atoms. The summed E-state index contributed by atoms with van der Waals surface area (Å²) in [5.41, 5.74) is 1.30. The first kappa shape index (κ1) is 26.3. The van der Waals surface area contributed by atoms with E-state index in [0.29, 0.717) is 11.3 Å². The van der Waals surface area contributed by atoms with Crippen molar-refractivity contribution in [1.82, 2.24) is 25.3 Å². The summed E-state index contributed by atoms with van der Waals surface area (Å²) >= 11 is 0. The first-order valence-corrected chi connectivity index (χ1v) is 10.9. The van der Waals surface area contributed by atoms with Crippen molar-refractivity contribution in [2.45, 2.75) is 19.4 Å². The summed E-state index contributed by atoms with van der Waals surface area (Å²) in [6.45, 7) is 1.32. The van der Waals surface area contributed by atoms with Gasteiger partial charge < -0.3 is 30.9 Å². The minimum absolute atomic E-state index is 0.101. The summed E-state index contributed by atoms with van der Waals surface area (Å²) < 4.78 is 0. The molecule has 2 heterocycles. The number of imidazole rings is 1. The molecule has 4 rings (SSSR count). The van der Waals surface area contributed by atoms with Crippen LogP contribution in [0.3, 0.4) is 0 Å². The Morgan fingerprint density at radius 1 is 1.03 bits per heavy atom. The quantitative estimate of drug-likeness (QED) is 0.219. The van der Waals surface area contributed by atoms with Gasteiger partial charge in [-0.15, -0.1) is 0 Å². The summed E-state index contributed by atoms with van der Waals surface area (Å²) in [6, 6.07) is 11.9. The maximum Gasteiger partial charge on any atom is 0.342 e. The van der Waals surface area contributed by atoms with Gasteiger partial charge in [-0.2, -0.15) is 4.98 Å². The molecule has 0 fully saturated rings. The number of carboxylic acid groups (broad SMARTS) is 1. The number of phenolic OH excluding ortho intramolecular Hbond substituents is 1. The van der Waals surface area contributed by atoms with E-state index in [0.717, 1.165) is 11.8 Å². The van der Waals surface area contributed by atoms with Gasteiger partial charge in [0, 0.05) is 43.2 Å². The lowest BCUT2D eigenvalue weighted by molar-refractivity contribution is -0.125. The van der Waals surface area contributed by atoms with Crippen molar-refractivity contribution in [2.24, 2.45) is 0 Å². The highest BCUT2D eigenvalue weighted by Crippen LogP contribution is 2.22. The van der Waals surface area contributed by atoms with E-state index in [4.69, 9.17) is 5.11 Å². The molecule has 4 aromatic rings. The number of hydrogen-bond donors (Lipinski definition) is 6. The number of H-pyrrole nitrogens is 1. The molecule has 12 nitrogen and oxygen atoms in total. The zero-order chi connectivity index (χ0) is 26.8. The zero-order valence-corrected chi connectivity index (χ0v) is 19.6. The fraction of sp³-hybridized carbons (Fsp3) is 0.120. The van der Waals surface area contributed by atoms with E-state index in [1.54, 1.807) is 55.1 Å². The Morgan fingerprint density at radius 2 is 1.73 bits per heavy atom. The second-order valence-electron chi connectivity index (χ2n) is 7.69. The van der Waals surface area contributed by atoms with Crippen LogP contribution < -0.4 is 10.6 Å². The van der Waals surface area contributed by atoms with Crippen LogP contribution in [-0.2, 0) is 16.0 Å². The van der Waals surface area contributed by atoms with Gasteiger partial charge in [-0.3, -0.25) is 9.59 Å². The van der Waals surface area contributed by atoms with E-state index in [-0.39, 0.29) is 23.9 Å². The fourth-order valence-electron chi connectivity index (χ4n) is 3.13. The van der Waals surface area contributed by atoms with Crippen LogP contribution in [0.5, 0.6) is 11.6 Å². The average Bonchev–Trinajstić information content (AvgIpc) is 3.45. The molecule has 0 saturated carbocycles. The van der Waals surface area contributed by atoms with Gasteiger partial charge in [0.05, 0.1) is 6.33 Å². The number of nitrogens with zero attached hydrogens (tertiary/aromatic N) is 3. The number of anilines is 1. The van der Waals surface area contributed by atoms with Crippen LogP contribution in [0.25, 0.3) is 11.4 Å². The van der Waals surface area contributed by atoms with Crippen LogP contribution in [0.15, 0.2) is 73.4 Å². The molecular formula is C25H24N6O6. The molecule has 0 unspecified atom stereocenters. The molecule has 2 amide bonds. The lowest BCUT2D eigenvalue weighted by Gasteiger charge is -2.18. The topological polar surface area (TPSA) is 190 Å². The number of carboxylic acids is 1. The minimum Gasteiger partial charge on any atom is -0.508 e. The number of hydrogen-bond acceptors (Lipinski definition) is 8. The SMILES string of the molecule is CC(=O)N[C@@H](Cc1ccc(O)cc1)C(=O)Nc1ccc(-c2ncc(C(=O)O)c(O)n2)cc1.c1c[nH]cn1. The minimum atomic E-state index is -1.34. The van der Waals surface area contributed by atoms with Crippen molar-refractivity contribution in [3.05, 3.63) is 84.6 Å². The Hall–Kier alpha value is -5.26. The molecule has 0 aliphatic rings. The van der Waals surface area contributed by atoms with Crippen molar-refractivity contribution < 1.29 is 29.7 Å². The molecule has 2 aromatic heterocycles. The van der Waals surface area contributed by atoms with Crippen molar-refractivity contribution in [1.29, 1.82) is 0 Å². The molecule has 6 N–H and O–H groups in total. The number of aromatic amines is 1. The molecule has 0 saturated heterocycles. The van der Waals surface area contributed by atoms with Crippen LogP contribution in [0.1, 0.15) is 22.8 Å². The number of aromatic hydroxyl groups is 2. The Bertz CT molecular complexity index is 1320. The number of nitrogens with one attached hydrogen (secondary N) is 3. The first-order chi connectivity index (χ1) is 17.7. The summed E-state index contributed by atoms with van der Waals surface area (Å²) in [5.74, 6) is -2.56. The number of carbonyl (C=O) groups is 3. The first-order valence-electron chi connectivity index (χ1n) is 10.9. The Balaban J connectivity index is 0.000000678. The van der Waals surface area contributed by atoms with Crippen LogP contribution >= 0.6 is 0 Å². The zero-order valence-electron chi connectivity index (χ0n) is 19.6. The van der Waals surface area contributed by atoms with E-state index in [9.17, 15) is 24.6 Å². The molecule has 2 aromatic carbocycles. The van der Waals surface area contributed by atoms with Gasteiger partial charge in [-0.1, -0.05) is 12.1 Å². The third-order valence-electron chi connectivity index (χ3n) is 4.89. The van der Waals surface area contributed by atoms with Crippen molar-refractivity contribution in [3.63, 3.8) is 0 Å². The maximum absolute atomic E-state index is 12.7. The number of rotatable bonds is 7. The van der Waals surface area contributed by atoms with Gasteiger partial charge >= 0.3 is 5.97 Å². The molecule has 0 radical (unpaired) electrons. The van der Waals surface area contributed by atoms with Crippen LogP contribution in [-0.4, -0.2) is 59.1 Å². The van der Waals surface area contributed by atoms with Gasteiger partial charge in [0.1, 0.15) is 17.4 Å². The number of aromatic carboxylic acids is 1. The normalized spacial score (nSPS) is 10.9. The summed E-state index contributed by atoms with van der Waals surface area (Å²) in [4.78, 5) is 49.4. The van der Waals surface area contributed by atoms with Gasteiger partial charge in [-0.05, 0) is 42.0 Å². The van der Waals surface area contributed by atoms with E-state index in [1.165, 1.54) is 19.1 Å². The van der Waals surface area contributed by atoms with Gasteiger partial charge in [-0.25, -0.2) is 14.8 Å². The van der Waals surface area contributed by atoms with Crippen molar-refractivity contribution >= 4 is 23.5 Å². The highest BCUT2D eigenvalue weighted by atomic mass is 16.4. The molecule has 1 atom stereocenters. The Labute approximate surface area is 211 Å². The molecule has 0 aliphatic carbocycles. The smallest absolute Gasteiger partial charge is 0.342 e. The predicted octanol–water partition coefficient (Wildman–Crippen LogP) is 2.35.